The van der Waals surface area contributed by atoms with E-state index in [9.17, 15) is 14.4 Å². The van der Waals surface area contributed by atoms with Gasteiger partial charge in [0.25, 0.3) is 0 Å². The van der Waals surface area contributed by atoms with Crippen molar-refractivity contribution < 1.29 is 28.6 Å². The Kier molecular flexibility index (Phi) is 43.2. The topological polar surface area (TPSA) is 78.9 Å². The lowest BCUT2D eigenvalue weighted by atomic mass is 10.0. The molecular weight excluding hydrogens is 697 g/mol. The van der Waals surface area contributed by atoms with Crippen LogP contribution in [-0.4, -0.2) is 37.2 Å². The number of hydrogen-bond donors (Lipinski definition) is 0. The van der Waals surface area contributed by atoms with Crippen LogP contribution in [0.5, 0.6) is 0 Å². The van der Waals surface area contributed by atoms with Crippen LogP contribution in [0.15, 0.2) is 0 Å². The van der Waals surface area contributed by atoms with E-state index in [2.05, 4.69) is 27.7 Å². The highest BCUT2D eigenvalue weighted by Gasteiger charge is 2.19. The van der Waals surface area contributed by atoms with Crippen molar-refractivity contribution in [1.29, 1.82) is 0 Å². The Hall–Kier alpha value is -1.59. The van der Waals surface area contributed by atoms with E-state index in [1.165, 1.54) is 173 Å². The van der Waals surface area contributed by atoms with Gasteiger partial charge in [-0.2, -0.15) is 0 Å². The predicted molar refractivity (Wildman–Crippen MR) is 238 cm³/mol. The molecule has 0 saturated heterocycles. The van der Waals surface area contributed by atoms with E-state index in [4.69, 9.17) is 14.2 Å². The molecule has 0 spiro atoms. The van der Waals surface area contributed by atoms with Gasteiger partial charge in [0.2, 0.25) is 0 Å². The fourth-order valence-corrected chi connectivity index (χ4v) is 7.51. The Morgan fingerprint density at radius 2 is 0.589 bits per heavy atom. The third kappa shape index (κ3) is 43.5. The van der Waals surface area contributed by atoms with Crippen LogP contribution < -0.4 is 0 Å². The van der Waals surface area contributed by atoms with Gasteiger partial charge in [-0.3, -0.25) is 14.4 Å². The van der Waals surface area contributed by atoms with Crippen molar-refractivity contribution in [2.24, 2.45) is 5.92 Å². The van der Waals surface area contributed by atoms with E-state index < -0.39 is 6.10 Å². The summed E-state index contributed by atoms with van der Waals surface area (Å²) < 4.78 is 16.8. The number of hydrogen-bond acceptors (Lipinski definition) is 6. The maximum atomic E-state index is 12.8. The fraction of sp³-hybridized carbons (Fsp3) is 0.940. The van der Waals surface area contributed by atoms with Crippen LogP contribution >= 0.6 is 0 Å². The van der Waals surface area contributed by atoms with Gasteiger partial charge >= 0.3 is 17.9 Å². The minimum absolute atomic E-state index is 0.0630. The smallest absolute Gasteiger partial charge is 0.306 e. The molecule has 0 radical (unpaired) electrons. The van der Waals surface area contributed by atoms with Gasteiger partial charge in [0, 0.05) is 19.3 Å². The first kappa shape index (κ1) is 54.4. The summed E-state index contributed by atoms with van der Waals surface area (Å²) in [6.07, 6.45) is 45.1. The third-order valence-corrected chi connectivity index (χ3v) is 11.3. The van der Waals surface area contributed by atoms with Crippen LogP contribution in [0.25, 0.3) is 0 Å². The number of unbranched alkanes of at least 4 members (excludes halogenated alkanes) is 32. The quantitative estimate of drug-likeness (QED) is 0.0347. The molecule has 0 amide bonds. The molecule has 0 aliphatic carbocycles. The minimum atomic E-state index is -0.759. The van der Waals surface area contributed by atoms with Crippen LogP contribution in [0.1, 0.15) is 278 Å². The molecule has 0 aromatic heterocycles. The molecule has 0 aromatic rings. The summed E-state index contributed by atoms with van der Waals surface area (Å²) in [5.41, 5.74) is 0. The number of carbonyl (C=O) groups excluding carboxylic acids is 3. The Labute approximate surface area is 348 Å². The average molecular weight is 793 g/mol. The van der Waals surface area contributed by atoms with E-state index in [1.807, 2.05) is 0 Å². The standard InChI is InChI=1S/C50H96O6/c1-5-7-9-11-13-15-17-18-22-26-30-34-38-42-49(52)55-45-47(44-54-48(51)41-37-33-29-25-20-16-14-12-10-8-6-2)56-50(53)43-39-35-31-27-23-19-21-24-28-32-36-40-46(3)4/h46-47H,5-45H2,1-4H3/t47-/m0/s1. The van der Waals surface area contributed by atoms with Crippen LogP contribution in [0.3, 0.4) is 0 Å². The molecule has 6 heteroatoms. The van der Waals surface area contributed by atoms with Crippen molar-refractivity contribution in [2.75, 3.05) is 13.2 Å². The van der Waals surface area contributed by atoms with Gasteiger partial charge < -0.3 is 14.2 Å². The van der Waals surface area contributed by atoms with E-state index in [0.717, 1.165) is 63.7 Å². The van der Waals surface area contributed by atoms with Gasteiger partial charge in [-0.1, -0.05) is 240 Å². The molecule has 0 unspecified atom stereocenters. The molecule has 0 fully saturated rings. The molecule has 0 heterocycles. The van der Waals surface area contributed by atoms with Gasteiger partial charge in [-0.15, -0.1) is 0 Å². The normalized spacial score (nSPS) is 11.9. The van der Waals surface area contributed by atoms with Crippen LogP contribution in [0, 0.1) is 5.92 Å². The van der Waals surface area contributed by atoms with Crippen LogP contribution in [-0.2, 0) is 28.6 Å². The van der Waals surface area contributed by atoms with Crippen molar-refractivity contribution in [1.82, 2.24) is 0 Å². The predicted octanol–water partition coefficient (Wildman–Crippen LogP) is 15.9. The molecule has 0 bridgehead atoms. The van der Waals surface area contributed by atoms with Crippen LogP contribution in [0.2, 0.25) is 0 Å². The Bertz CT molecular complexity index is 841. The van der Waals surface area contributed by atoms with Gasteiger partial charge in [0.05, 0.1) is 0 Å². The van der Waals surface area contributed by atoms with Gasteiger partial charge in [0.1, 0.15) is 13.2 Å². The first-order chi connectivity index (χ1) is 27.4. The highest BCUT2D eigenvalue weighted by Crippen LogP contribution is 2.17. The summed E-state index contributed by atoms with van der Waals surface area (Å²) >= 11 is 0. The lowest BCUT2D eigenvalue weighted by molar-refractivity contribution is -0.167. The van der Waals surface area contributed by atoms with Crippen molar-refractivity contribution in [3.63, 3.8) is 0 Å². The molecule has 0 aliphatic heterocycles. The highest BCUT2D eigenvalue weighted by molar-refractivity contribution is 5.71. The molecular formula is C50H96O6. The molecule has 0 aromatic carbocycles. The minimum Gasteiger partial charge on any atom is -0.462 e. The first-order valence-corrected chi connectivity index (χ1v) is 24.9. The monoisotopic (exact) mass is 793 g/mol. The molecule has 1 atom stereocenters. The van der Waals surface area contributed by atoms with Crippen molar-refractivity contribution in [2.45, 2.75) is 284 Å². The molecule has 0 saturated carbocycles. The first-order valence-electron chi connectivity index (χ1n) is 24.9. The van der Waals surface area contributed by atoms with E-state index >= 15 is 0 Å². The number of ether oxygens (including phenoxy) is 3. The number of rotatable bonds is 45. The second kappa shape index (κ2) is 44.5. The van der Waals surface area contributed by atoms with Gasteiger partial charge in [-0.25, -0.2) is 0 Å². The molecule has 6 nitrogen and oxygen atoms in total. The van der Waals surface area contributed by atoms with E-state index in [0.29, 0.717) is 19.3 Å². The van der Waals surface area contributed by atoms with Gasteiger partial charge in [-0.05, 0) is 25.2 Å². The molecule has 0 aliphatic rings. The summed E-state index contributed by atoms with van der Waals surface area (Å²) in [5, 5.41) is 0. The van der Waals surface area contributed by atoms with Gasteiger partial charge in [0.15, 0.2) is 6.10 Å². The largest absolute Gasteiger partial charge is 0.462 e. The molecule has 332 valence electrons. The third-order valence-electron chi connectivity index (χ3n) is 11.3. The average Bonchev–Trinajstić information content (AvgIpc) is 3.18. The lowest BCUT2D eigenvalue weighted by Gasteiger charge is -2.18. The fourth-order valence-electron chi connectivity index (χ4n) is 7.51. The number of carbonyl (C=O) groups is 3. The summed E-state index contributed by atoms with van der Waals surface area (Å²) in [6.45, 7) is 9.01. The lowest BCUT2D eigenvalue weighted by Crippen LogP contribution is -2.30. The zero-order valence-electron chi connectivity index (χ0n) is 38.1. The van der Waals surface area contributed by atoms with Crippen molar-refractivity contribution >= 4 is 17.9 Å². The SMILES string of the molecule is CCCCCCCCCCCCCCCC(=O)OC[C@H](COC(=O)CCCCCCCCCCCCC)OC(=O)CCCCCCCCCCCCCC(C)C. The second-order valence-corrected chi connectivity index (χ2v) is 17.6. The summed E-state index contributed by atoms with van der Waals surface area (Å²) in [4.78, 5) is 37.8. The zero-order chi connectivity index (χ0) is 41.0. The summed E-state index contributed by atoms with van der Waals surface area (Å²) in [6, 6.07) is 0. The zero-order valence-corrected chi connectivity index (χ0v) is 38.1. The van der Waals surface area contributed by atoms with E-state index in [-0.39, 0.29) is 31.1 Å². The summed E-state index contributed by atoms with van der Waals surface area (Å²) in [7, 11) is 0. The molecule has 56 heavy (non-hydrogen) atoms. The van der Waals surface area contributed by atoms with Crippen molar-refractivity contribution in [3.05, 3.63) is 0 Å². The molecule has 0 rings (SSSR count). The second-order valence-electron chi connectivity index (χ2n) is 17.6. The highest BCUT2D eigenvalue weighted by atomic mass is 16.6. The Balaban J connectivity index is 4.32. The molecule has 0 N–H and O–H groups in total. The number of esters is 3. The van der Waals surface area contributed by atoms with E-state index in [1.54, 1.807) is 0 Å². The van der Waals surface area contributed by atoms with Crippen molar-refractivity contribution in [3.8, 4) is 0 Å². The maximum Gasteiger partial charge on any atom is 0.306 e. The van der Waals surface area contributed by atoms with Crippen LogP contribution in [0.4, 0.5) is 0 Å². The Morgan fingerprint density at radius 3 is 0.875 bits per heavy atom. The maximum absolute atomic E-state index is 12.8. The summed E-state index contributed by atoms with van der Waals surface area (Å²) in [5.74, 6) is -0.0228. The Morgan fingerprint density at radius 1 is 0.339 bits per heavy atom.